The molecule has 0 aromatic carbocycles. The third-order valence-electron chi connectivity index (χ3n) is 5.19. The zero-order valence-electron chi connectivity index (χ0n) is 19.4. The van der Waals surface area contributed by atoms with Crippen LogP contribution < -0.4 is 11.5 Å². The molecule has 0 spiro atoms. The molecule has 0 radical (unpaired) electrons. The second-order valence-corrected chi connectivity index (χ2v) is 8.23. The van der Waals surface area contributed by atoms with E-state index in [4.69, 9.17) is 21.7 Å². The Balaban J connectivity index is 0. The number of unbranched alkanes of at least 4 members (excludes halogenated alkanes) is 16. The normalized spacial score (nSPS) is 10.5. The molecule has 0 aromatic heterocycles. The Hall–Kier alpha value is -1.14. The summed E-state index contributed by atoms with van der Waals surface area (Å²) in [5.41, 5.74) is 10.8. The lowest BCUT2D eigenvalue weighted by molar-refractivity contribution is -0.138. The maximum atomic E-state index is 10.2. The average Bonchev–Trinajstić information content (AvgIpc) is 2.71. The molecular weight excluding hydrogens is 380 g/mol. The zero-order chi connectivity index (χ0) is 22.7. The summed E-state index contributed by atoms with van der Waals surface area (Å²) in [5, 5.41) is 16.9. The monoisotopic (exact) mass is 430 g/mol. The van der Waals surface area contributed by atoms with Crippen molar-refractivity contribution >= 4 is 11.9 Å². The minimum atomic E-state index is -0.670. The molecule has 6 nitrogen and oxygen atoms in total. The molecule has 0 heterocycles. The lowest BCUT2D eigenvalue weighted by Gasteiger charge is -2.01. The molecule has 30 heavy (non-hydrogen) atoms. The number of carboxylic acids is 2. The summed E-state index contributed by atoms with van der Waals surface area (Å²) in [6, 6.07) is 0. The van der Waals surface area contributed by atoms with Gasteiger partial charge in [0.25, 0.3) is 0 Å². The van der Waals surface area contributed by atoms with Crippen LogP contribution in [-0.4, -0.2) is 35.2 Å². The molecule has 0 bridgehead atoms. The van der Waals surface area contributed by atoms with Gasteiger partial charge in [0.1, 0.15) is 0 Å². The first kappa shape index (κ1) is 31.0. The Morgan fingerprint density at radius 3 is 0.800 bits per heavy atom. The molecule has 6 N–H and O–H groups in total. The highest BCUT2D eigenvalue weighted by molar-refractivity contribution is 5.66. The Bertz CT molecular complexity index is 331. The van der Waals surface area contributed by atoms with Crippen LogP contribution >= 0.6 is 0 Å². The summed E-state index contributed by atoms with van der Waals surface area (Å²) >= 11 is 0. The summed E-state index contributed by atoms with van der Waals surface area (Å²) in [5.74, 6) is -1.34. The van der Waals surface area contributed by atoms with E-state index >= 15 is 0 Å². The molecule has 0 aromatic rings. The molecule has 0 atom stereocenters. The van der Waals surface area contributed by atoms with E-state index in [0.29, 0.717) is 12.8 Å². The van der Waals surface area contributed by atoms with Gasteiger partial charge in [0.05, 0.1) is 0 Å². The molecule has 6 heteroatoms. The molecule has 0 rings (SSSR count). The first-order valence-electron chi connectivity index (χ1n) is 12.4. The SMILES string of the molecule is NCCCCCCCCCCCC(=O)O.NCCCCCCCCCCCC(=O)O. The highest BCUT2D eigenvalue weighted by Crippen LogP contribution is 2.11. The third kappa shape index (κ3) is 34.4. The van der Waals surface area contributed by atoms with Gasteiger partial charge in [-0.15, -0.1) is 0 Å². The van der Waals surface area contributed by atoms with E-state index in [1.165, 1.54) is 77.0 Å². The second-order valence-electron chi connectivity index (χ2n) is 8.23. The Morgan fingerprint density at radius 1 is 0.400 bits per heavy atom. The number of rotatable bonds is 22. The van der Waals surface area contributed by atoms with Gasteiger partial charge < -0.3 is 21.7 Å². The number of aliphatic carboxylic acids is 2. The van der Waals surface area contributed by atoms with Crippen LogP contribution in [0.5, 0.6) is 0 Å². The quantitative estimate of drug-likeness (QED) is 0.159. The van der Waals surface area contributed by atoms with Crippen molar-refractivity contribution in [3.8, 4) is 0 Å². The fraction of sp³-hybridized carbons (Fsp3) is 0.917. The molecular formula is C24H50N2O4. The Morgan fingerprint density at radius 2 is 0.600 bits per heavy atom. The van der Waals surface area contributed by atoms with Gasteiger partial charge in [-0.2, -0.15) is 0 Å². The van der Waals surface area contributed by atoms with E-state index in [1.54, 1.807) is 0 Å². The van der Waals surface area contributed by atoms with Crippen LogP contribution in [-0.2, 0) is 9.59 Å². The van der Waals surface area contributed by atoms with E-state index in [9.17, 15) is 9.59 Å². The number of hydrogen-bond acceptors (Lipinski definition) is 4. The van der Waals surface area contributed by atoms with Crippen molar-refractivity contribution in [2.24, 2.45) is 11.5 Å². The van der Waals surface area contributed by atoms with Crippen molar-refractivity contribution in [2.75, 3.05) is 13.1 Å². The van der Waals surface area contributed by atoms with Gasteiger partial charge in [-0.05, 0) is 38.8 Å². The topological polar surface area (TPSA) is 127 Å². The average molecular weight is 431 g/mol. The maximum absolute atomic E-state index is 10.2. The van der Waals surface area contributed by atoms with Crippen molar-refractivity contribution in [3.63, 3.8) is 0 Å². The van der Waals surface area contributed by atoms with Crippen LogP contribution in [0.15, 0.2) is 0 Å². The summed E-state index contributed by atoms with van der Waals surface area (Å²) in [7, 11) is 0. The molecule has 0 aliphatic rings. The lowest BCUT2D eigenvalue weighted by atomic mass is 10.1. The molecule has 180 valence electrons. The molecule has 0 saturated heterocycles. The van der Waals surface area contributed by atoms with E-state index in [2.05, 4.69) is 0 Å². The van der Waals surface area contributed by atoms with Crippen molar-refractivity contribution < 1.29 is 19.8 Å². The van der Waals surface area contributed by atoms with Gasteiger partial charge in [-0.1, -0.05) is 89.9 Å². The van der Waals surface area contributed by atoms with Crippen LogP contribution in [0.1, 0.15) is 128 Å². The Kier molecular flexibility index (Phi) is 28.8. The van der Waals surface area contributed by atoms with E-state index in [0.717, 1.165) is 51.6 Å². The van der Waals surface area contributed by atoms with Crippen LogP contribution in [0.25, 0.3) is 0 Å². The number of nitrogens with two attached hydrogens (primary N) is 2. The van der Waals surface area contributed by atoms with Crippen molar-refractivity contribution in [2.45, 2.75) is 128 Å². The van der Waals surface area contributed by atoms with Gasteiger partial charge in [0, 0.05) is 12.8 Å². The molecule has 0 aliphatic heterocycles. The molecule has 0 saturated carbocycles. The molecule has 0 fully saturated rings. The predicted octanol–water partition coefficient (Wildman–Crippen LogP) is 5.86. The summed E-state index contributed by atoms with van der Waals surface area (Å²) < 4.78 is 0. The third-order valence-corrected chi connectivity index (χ3v) is 5.19. The smallest absolute Gasteiger partial charge is 0.303 e. The maximum Gasteiger partial charge on any atom is 0.303 e. The van der Waals surface area contributed by atoms with Gasteiger partial charge in [0.15, 0.2) is 0 Å². The predicted molar refractivity (Wildman–Crippen MR) is 126 cm³/mol. The van der Waals surface area contributed by atoms with Gasteiger partial charge >= 0.3 is 11.9 Å². The van der Waals surface area contributed by atoms with E-state index in [1.807, 2.05) is 0 Å². The molecule has 0 aliphatic carbocycles. The summed E-state index contributed by atoms with van der Waals surface area (Å²) in [6.07, 6.45) is 21.9. The number of carboxylic acid groups (broad SMARTS) is 2. The molecule has 0 amide bonds. The van der Waals surface area contributed by atoms with E-state index < -0.39 is 11.9 Å². The highest BCUT2D eigenvalue weighted by Gasteiger charge is 1.97. The largest absolute Gasteiger partial charge is 0.481 e. The summed E-state index contributed by atoms with van der Waals surface area (Å²) in [6.45, 7) is 1.63. The first-order valence-corrected chi connectivity index (χ1v) is 12.4. The first-order chi connectivity index (χ1) is 14.5. The van der Waals surface area contributed by atoms with Crippen LogP contribution in [0.4, 0.5) is 0 Å². The van der Waals surface area contributed by atoms with Gasteiger partial charge in [0.2, 0.25) is 0 Å². The zero-order valence-corrected chi connectivity index (χ0v) is 19.4. The minimum absolute atomic E-state index is 0.330. The van der Waals surface area contributed by atoms with Crippen LogP contribution in [0.2, 0.25) is 0 Å². The van der Waals surface area contributed by atoms with Crippen LogP contribution in [0, 0.1) is 0 Å². The summed E-state index contributed by atoms with van der Waals surface area (Å²) in [4.78, 5) is 20.4. The molecule has 0 unspecified atom stereocenters. The van der Waals surface area contributed by atoms with Crippen LogP contribution in [0.3, 0.4) is 0 Å². The van der Waals surface area contributed by atoms with Crippen molar-refractivity contribution in [3.05, 3.63) is 0 Å². The lowest BCUT2D eigenvalue weighted by Crippen LogP contribution is -1.97. The highest BCUT2D eigenvalue weighted by atomic mass is 16.4. The van der Waals surface area contributed by atoms with Gasteiger partial charge in [-0.25, -0.2) is 0 Å². The van der Waals surface area contributed by atoms with Gasteiger partial charge in [-0.3, -0.25) is 9.59 Å². The second kappa shape index (κ2) is 27.9. The number of hydrogen-bond donors (Lipinski definition) is 4. The standard InChI is InChI=1S/2C12H25NO2/c2*13-11-9-7-5-3-1-2-4-6-8-10-12(14)15/h2*1-11,13H2,(H,14,15). The number of carbonyl (C=O) groups is 2. The van der Waals surface area contributed by atoms with Crippen molar-refractivity contribution in [1.82, 2.24) is 0 Å². The van der Waals surface area contributed by atoms with Crippen molar-refractivity contribution in [1.29, 1.82) is 0 Å². The fourth-order valence-electron chi connectivity index (χ4n) is 3.32. The fourth-order valence-corrected chi connectivity index (χ4v) is 3.32. The van der Waals surface area contributed by atoms with E-state index in [-0.39, 0.29) is 0 Å². The minimum Gasteiger partial charge on any atom is -0.481 e. The Labute approximate surface area is 185 Å².